The average molecular weight is 690 g/mol. The van der Waals surface area contributed by atoms with Crippen LogP contribution in [0.5, 0.6) is 0 Å². The van der Waals surface area contributed by atoms with Crippen LogP contribution in [0.25, 0.3) is 77.2 Å². The molecule has 0 N–H and O–H groups in total. The summed E-state index contributed by atoms with van der Waals surface area (Å²) in [6.45, 7) is 0. The van der Waals surface area contributed by atoms with E-state index < -0.39 is 0 Å². The summed E-state index contributed by atoms with van der Waals surface area (Å²) in [5.41, 5.74) is 14.4. The predicted octanol–water partition coefficient (Wildman–Crippen LogP) is 14.9. The van der Waals surface area contributed by atoms with Crippen LogP contribution in [-0.4, -0.2) is 0 Å². The van der Waals surface area contributed by atoms with Crippen LogP contribution in [-0.2, 0) is 0 Å². The first-order valence-electron chi connectivity index (χ1n) is 18.4. The zero-order valence-corrected chi connectivity index (χ0v) is 29.6. The standard InChI is InChI=1S/C52H35NO/c1-3-12-36(13-4-1)37-22-28-42(29-23-37)53(43-30-24-40(25-31-43)46-20-11-17-38-16-7-8-18-45(38)46)44-32-26-41(27-33-44)47-34-35-48(39-14-5-2-6-15-39)52-51(47)49-19-9-10-21-50(49)54-52/h1-35H. The quantitative estimate of drug-likeness (QED) is 0.166. The molecule has 2 nitrogen and oxygen atoms in total. The van der Waals surface area contributed by atoms with Gasteiger partial charge in [0.2, 0.25) is 0 Å². The lowest BCUT2D eigenvalue weighted by Crippen LogP contribution is -2.09. The second-order valence-corrected chi connectivity index (χ2v) is 13.7. The number of hydrogen-bond acceptors (Lipinski definition) is 2. The number of nitrogens with zero attached hydrogens (tertiary/aromatic N) is 1. The van der Waals surface area contributed by atoms with E-state index in [9.17, 15) is 0 Å². The van der Waals surface area contributed by atoms with Crippen LogP contribution in [0.1, 0.15) is 0 Å². The van der Waals surface area contributed by atoms with Crippen LogP contribution in [0.4, 0.5) is 17.1 Å². The molecular formula is C52H35NO. The minimum Gasteiger partial charge on any atom is -0.455 e. The first kappa shape index (κ1) is 31.6. The minimum atomic E-state index is 0.894. The van der Waals surface area contributed by atoms with Gasteiger partial charge in [-0.15, -0.1) is 0 Å². The molecule has 0 spiro atoms. The Morgan fingerprint density at radius 2 is 0.759 bits per heavy atom. The molecule has 10 rings (SSSR count). The lowest BCUT2D eigenvalue weighted by molar-refractivity contribution is 0.670. The Kier molecular flexibility index (Phi) is 7.85. The van der Waals surface area contributed by atoms with Gasteiger partial charge in [0.25, 0.3) is 0 Å². The lowest BCUT2D eigenvalue weighted by atomic mass is 9.94. The SMILES string of the molecule is c1ccc(-c2ccc(N(c3ccc(-c4cccc5ccccc45)cc3)c3ccc(-c4ccc(-c5ccccc5)c5oc6ccccc6c45)cc3)cc2)cc1. The number of anilines is 3. The molecule has 0 aliphatic carbocycles. The maximum atomic E-state index is 6.58. The van der Waals surface area contributed by atoms with Gasteiger partial charge in [0.1, 0.15) is 11.2 Å². The smallest absolute Gasteiger partial charge is 0.143 e. The average Bonchev–Trinajstić information content (AvgIpc) is 3.65. The lowest BCUT2D eigenvalue weighted by Gasteiger charge is -2.26. The van der Waals surface area contributed by atoms with Crippen LogP contribution in [0.3, 0.4) is 0 Å². The largest absolute Gasteiger partial charge is 0.455 e. The molecule has 0 amide bonds. The van der Waals surface area contributed by atoms with Crippen molar-refractivity contribution in [3.8, 4) is 44.5 Å². The van der Waals surface area contributed by atoms with E-state index in [0.29, 0.717) is 0 Å². The molecule has 0 unspecified atom stereocenters. The number of hydrogen-bond donors (Lipinski definition) is 0. The van der Waals surface area contributed by atoms with Crippen molar-refractivity contribution in [3.63, 3.8) is 0 Å². The molecule has 0 fully saturated rings. The van der Waals surface area contributed by atoms with E-state index >= 15 is 0 Å². The molecule has 0 aliphatic rings. The third-order valence-electron chi connectivity index (χ3n) is 10.5. The number of para-hydroxylation sites is 1. The summed E-state index contributed by atoms with van der Waals surface area (Å²) in [5, 5.41) is 4.76. The van der Waals surface area contributed by atoms with Gasteiger partial charge in [-0.1, -0.05) is 164 Å². The van der Waals surface area contributed by atoms with Crippen molar-refractivity contribution in [3.05, 3.63) is 212 Å². The van der Waals surface area contributed by atoms with E-state index in [1.807, 2.05) is 6.07 Å². The van der Waals surface area contributed by atoms with Gasteiger partial charge in [-0.05, 0) is 98.2 Å². The predicted molar refractivity (Wildman–Crippen MR) is 228 cm³/mol. The van der Waals surface area contributed by atoms with Gasteiger partial charge < -0.3 is 9.32 Å². The summed E-state index contributed by atoms with van der Waals surface area (Å²) in [7, 11) is 0. The maximum Gasteiger partial charge on any atom is 0.143 e. The molecule has 0 aliphatic heterocycles. The topological polar surface area (TPSA) is 16.4 Å². The number of furan rings is 1. The van der Waals surface area contributed by atoms with Crippen molar-refractivity contribution in [1.29, 1.82) is 0 Å². The van der Waals surface area contributed by atoms with Gasteiger partial charge in [0.15, 0.2) is 0 Å². The number of benzene rings is 9. The van der Waals surface area contributed by atoms with Crippen molar-refractivity contribution in [2.75, 3.05) is 4.90 Å². The molecule has 10 aromatic rings. The minimum absolute atomic E-state index is 0.894. The summed E-state index contributed by atoms with van der Waals surface area (Å²) < 4.78 is 6.58. The Morgan fingerprint density at radius 3 is 1.43 bits per heavy atom. The monoisotopic (exact) mass is 689 g/mol. The van der Waals surface area contributed by atoms with Gasteiger partial charge in [-0.3, -0.25) is 0 Å². The molecule has 54 heavy (non-hydrogen) atoms. The van der Waals surface area contributed by atoms with Crippen molar-refractivity contribution >= 4 is 49.8 Å². The molecule has 1 aromatic heterocycles. The Balaban J connectivity index is 1.07. The first-order valence-corrected chi connectivity index (χ1v) is 18.4. The molecular weight excluding hydrogens is 655 g/mol. The normalized spacial score (nSPS) is 11.3. The van der Waals surface area contributed by atoms with Crippen LogP contribution in [0.15, 0.2) is 217 Å². The van der Waals surface area contributed by atoms with Crippen LogP contribution in [0.2, 0.25) is 0 Å². The highest BCUT2D eigenvalue weighted by molar-refractivity contribution is 6.16. The first-order chi connectivity index (χ1) is 26.8. The van der Waals surface area contributed by atoms with Gasteiger partial charge in [0.05, 0.1) is 0 Å². The molecule has 9 aromatic carbocycles. The molecule has 0 saturated heterocycles. The third-order valence-corrected chi connectivity index (χ3v) is 10.5. The van der Waals surface area contributed by atoms with E-state index in [2.05, 4.69) is 211 Å². The zero-order valence-electron chi connectivity index (χ0n) is 29.6. The Hall–Kier alpha value is -7.16. The summed E-state index contributed by atoms with van der Waals surface area (Å²) in [5.74, 6) is 0. The summed E-state index contributed by atoms with van der Waals surface area (Å²) >= 11 is 0. The molecule has 1 heterocycles. The fourth-order valence-corrected chi connectivity index (χ4v) is 7.85. The van der Waals surface area contributed by atoms with E-state index in [4.69, 9.17) is 4.42 Å². The van der Waals surface area contributed by atoms with Crippen LogP contribution < -0.4 is 4.90 Å². The molecule has 254 valence electrons. The summed E-state index contributed by atoms with van der Waals surface area (Å²) in [6.07, 6.45) is 0. The second-order valence-electron chi connectivity index (χ2n) is 13.7. The number of fused-ring (bicyclic) bond motifs is 4. The highest BCUT2D eigenvalue weighted by Crippen LogP contribution is 2.43. The molecule has 2 heteroatoms. The van der Waals surface area contributed by atoms with E-state index in [1.165, 1.54) is 33.0 Å². The van der Waals surface area contributed by atoms with Gasteiger partial charge in [-0.25, -0.2) is 0 Å². The van der Waals surface area contributed by atoms with Crippen molar-refractivity contribution in [2.24, 2.45) is 0 Å². The summed E-state index contributed by atoms with van der Waals surface area (Å²) in [6, 6.07) is 75.7. The fourth-order valence-electron chi connectivity index (χ4n) is 7.85. The van der Waals surface area contributed by atoms with E-state index in [1.54, 1.807) is 0 Å². The van der Waals surface area contributed by atoms with E-state index in [-0.39, 0.29) is 0 Å². The highest BCUT2D eigenvalue weighted by Gasteiger charge is 2.19. The molecule has 0 saturated carbocycles. The Bertz CT molecular complexity index is 2880. The van der Waals surface area contributed by atoms with Gasteiger partial charge in [-0.2, -0.15) is 0 Å². The molecule has 0 radical (unpaired) electrons. The van der Waals surface area contributed by atoms with E-state index in [0.717, 1.165) is 61.3 Å². The van der Waals surface area contributed by atoms with Crippen molar-refractivity contribution in [2.45, 2.75) is 0 Å². The van der Waals surface area contributed by atoms with Crippen LogP contribution >= 0.6 is 0 Å². The summed E-state index contributed by atoms with van der Waals surface area (Å²) in [4.78, 5) is 2.34. The Labute approximate surface area is 314 Å². The third kappa shape index (κ3) is 5.62. The fraction of sp³-hybridized carbons (Fsp3) is 0. The van der Waals surface area contributed by atoms with Crippen molar-refractivity contribution in [1.82, 2.24) is 0 Å². The van der Waals surface area contributed by atoms with Gasteiger partial charge >= 0.3 is 0 Å². The maximum absolute atomic E-state index is 6.58. The number of rotatable bonds is 7. The van der Waals surface area contributed by atoms with Gasteiger partial charge in [0, 0.05) is 33.4 Å². The van der Waals surface area contributed by atoms with Crippen LogP contribution in [0, 0.1) is 0 Å². The molecule has 0 atom stereocenters. The second kappa shape index (κ2) is 13.4. The highest BCUT2D eigenvalue weighted by atomic mass is 16.3. The Morgan fingerprint density at radius 1 is 0.296 bits per heavy atom. The van der Waals surface area contributed by atoms with Crippen molar-refractivity contribution < 1.29 is 4.42 Å². The molecule has 0 bridgehead atoms. The zero-order chi connectivity index (χ0) is 35.8.